The SMILES string of the molecule is O=S(=O)(c1cccc(-c2csc(N/N=C/c3ccco3)n2)c1)N1CCCCCC1. The van der Waals surface area contributed by atoms with E-state index in [-0.39, 0.29) is 0 Å². The molecule has 2 aromatic heterocycles. The monoisotopic (exact) mass is 430 g/mol. The lowest BCUT2D eigenvalue weighted by Gasteiger charge is -2.20. The first-order valence-electron chi connectivity index (χ1n) is 9.52. The van der Waals surface area contributed by atoms with Crippen molar-refractivity contribution in [2.75, 3.05) is 18.5 Å². The molecule has 1 fully saturated rings. The summed E-state index contributed by atoms with van der Waals surface area (Å²) in [5.41, 5.74) is 4.34. The lowest BCUT2D eigenvalue weighted by Crippen LogP contribution is -2.31. The highest BCUT2D eigenvalue weighted by Crippen LogP contribution is 2.28. The predicted molar refractivity (Wildman–Crippen MR) is 115 cm³/mol. The molecule has 1 aliphatic rings. The quantitative estimate of drug-likeness (QED) is 0.462. The largest absolute Gasteiger partial charge is 0.463 e. The van der Waals surface area contributed by atoms with Gasteiger partial charge in [0.25, 0.3) is 0 Å². The summed E-state index contributed by atoms with van der Waals surface area (Å²) in [5, 5.41) is 6.59. The summed E-state index contributed by atoms with van der Waals surface area (Å²) in [6, 6.07) is 10.6. The topological polar surface area (TPSA) is 87.8 Å². The van der Waals surface area contributed by atoms with Gasteiger partial charge in [-0.3, -0.25) is 5.43 Å². The number of benzene rings is 1. The minimum absolute atomic E-state index is 0.315. The number of hydrogen-bond acceptors (Lipinski definition) is 7. The average Bonchev–Trinajstić information content (AvgIpc) is 3.34. The lowest BCUT2D eigenvalue weighted by atomic mass is 10.2. The van der Waals surface area contributed by atoms with E-state index in [2.05, 4.69) is 15.5 Å². The third-order valence-electron chi connectivity index (χ3n) is 4.73. The highest BCUT2D eigenvalue weighted by Gasteiger charge is 2.25. The van der Waals surface area contributed by atoms with Crippen LogP contribution < -0.4 is 5.43 Å². The number of thiazole rings is 1. The number of hydrogen-bond donors (Lipinski definition) is 1. The van der Waals surface area contributed by atoms with Crippen LogP contribution in [0, 0.1) is 0 Å². The number of nitrogens with one attached hydrogen (secondary N) is 1. The van der Waals surface area contributed by atoms with Gasteiger partial charge in [-0.25, -0.2) is 13.4 Å². The summed E-state index contributed by atoms with van der Waals surface area (Å²) in [5.74, 6) is 0.640. The van der Waals surface area contributed by atoms with Crippen LogP contribution in [0.3, 0.4) is 0 Å². The molecule has 3 heterocycles. The molecule has 9 heteroatoms. The number of rotatable bonds is 6. The van der Waals surface area contributed by atoms with Gasteiger partial charge in [0.1, 0.15) is 5.76 Å². The van der Waals surface area contributed by atoms with Gasteiger partial charge in [0.15, 0.2) is 0 Å². The molecule has 1 aliphatic heterocycles. The molecule has 0 radical (unpaired) electrons. The first-order chi connectivity index (χ1) is 14.1. The Balaban J connectivity index is 1.50. The van der Waals surface area contributed by atoms with Crippen molar-refractivity contribution in [2.45, 2.75) is 30.6 Å². The third-order valence-corrected chi connectivity index (χ3v) is 7.37. The summed E-state index contributed by atoms with van der Waals surface area (Å²) >= 11 is 1.40. The van der Waals surface area contributed by atoms with Crippen LogP contribution in [-0.2, 0) is 10.0 Å². The molecule has 1 N–H and O–H groups in total. The number of sulfonamides is 1. The van der Waals surface area contributed by atoms with E-state index < -0.39 is 10.0 Å². The molecule has 0 amide bonds. The minimum atomic E-state index is -3.49. The number of aromatic nitrogens is 1. The summed E-state index contributed by atoms with van der Waals surface area (Å²) in [7, 11) is -3.49. The van der Waals surface area contributed by atoms with E-state index in [1.165, 1.54) is 11.3 Å². The maximum Gasteiger partial charge on any atom is 0.243 e. The molecular weight excluding hydrogens is 408 g/mol. The van der Waals surface area contributed by atoms with Crippen molar-refractivity contribution in [2.24, 2.45) is 5.10 Å². The van der Waals surface area contributed by atoms with Crippen LogP contribution >= 0.6 is 11.3 Å². The smallest absolute Gasteiger partial charge is 0.243 e. The molecule has 0 unspecified atom stereocenters. The Labute approximate surface area is 174 Å². The van der Waals surface area contributed by atoms with Crippen LogP contribution in [0.4, 0.5) is 5.13 Å². The van der Waals surface area contributed by atoms with Crippen molar-refractivity contribution in [3.63, 3.8) is 0 Å². The van der Waals surface area contributed by atoms with Gasteiger partial charge in [-0.05, 0) is 37.1 Å². The van der Waals surface area contributed by atoms with Crippen LogP contribution in [0.25, 0.3) is 11.3 Å². The molecule has 0 aliphatic carbocycles. The van der Waals surface area contributed by atoms with Crippen molar-refractivity contribution in [1.82, 2.24) is 9.29 Å². The fourth-order valence-electron chi connectivity index (χ4n) is 3.22. The molecule has 29 heavy (non-hydrogen) atoms. The Hall–Kier alpha value is -2.49. The van der Waals surface area contributed by atoms with Gasteiger partial charge in [-0.2, -0.15) is 9.41 Å². The van der Waals surface area contributed by atoms with Crippen molar-refractivity contribution in [3.8, 4) is 11.3 Å². The van der Waals surface area contributed by atoms with E-state index in [0.717, 1.165) is 31.2 Å². The Morgan fingerprint density at radius 2 is 1.97 bits per heavy atom. The zero-order valence-electron chi connectivity index (χ0n) is 15.8. The van der Waals surface area contributed by atoms with Crippen molar-refractivity contribution in [3.05, 3.63) is 53.8 Å². The first-order valence-corrected chi connectivity index (χ1v) is 11.8. The summed E-state index contributed by atoms with van der Waals surface area (Å²) in [4.78, 5) is 4.82. The van der Waals surface area contributed by atoms with E-state index in [4.69, 9.17) is 4.42 Å². The summed E-state index contributed by atoms with van der Waals surface area (Å²) in [6.07, 6.45) is 7.15. The Morgan fingerprint density at radius 1 is 1.14 bits per heavy atom. The van der Waals surface area contributed by atoms with E-state index in [9.17, 15) is 8.42 Å². The van der Waals surface area contributed by atoms with Crippen LogP contribution in [0.5, 0.6) is 0 Å². The molecule has 0 bridgehead atoms. The van der Waals surface area contributed by atoms with Crippen LogP contribution in [0.1, 0.15) is 31.4 Å². The molecule has 3 aromatic rings. The molecule has 4 rings (SSSR count). The van der Waals surface area contributed by atoms with Gasteiger partial charge in [-0.1, -0.05) is 25.0 Å². The van der Waals surface area contributed by atoms with Crippen molar-refractivity contribution < 1.29 is 12.8 Å². The van der Waals surface area contributed by atoms with Gasteiger partial charge in [0.05, 0.1) is 23.1 Å². The lowest BCUT2D eigenvalue weighted by molar-refractivity contribution is 0.424. The van der Waals surface area contributed by atoms with Gasteiger partial charge in [-0.15, -0.1) is 11.3 Å². The zero-order valence-corrected chi connectivity index (χ0v) is 17.5. The van der Waals surface area contributed by atoms with Gasteiger partial charge >= 0.3 is 0 Å². The van der Waals surface area contributed by atoms with Crippen LogP contribution in [-0.4, -0.2) is 37.0 Å². The van der Waals surface area contributed by atoms with E-state index in [1.54, 1.807) is 47.1 Å². The normalized spacial score (nSPS) is 16.1. The number of furan rings is 1. The van der Waals surface area contributed by atoms with E-state index in [0.29, 0.717) is 34.6 Å². The molecule has 152 valence electrons. The highest BCUT2D eigenvalue weighted by atomic mass is 32.2. The molecule has 0 spiro atoms. The Morgan fingerprint density at radius 3 is 2.72 bits per heavy atom. The standard InChI is InChI=1S/C20H22N4O3S2/c25-29(26,24-10-3-1-2-4-11-24)18-9-5-7-16(13-18)19-15-28-20(22-19)23-21-14-17-8-6-12-27-17/h5-9,12-15H,1-4,10-11H2,(H,22,23)/b21-14+. The van der Waals surface area contributed by atoms with Crippen molar-refractivity contribution in [1.29, 1.82) is 0 Å². The molecule has 1 aromatic carbocycles. The second-order valence-corrected chi connectivity index (χ2v) is 9.57. The van der Waals surface area contributed by atoms with E-state index >= 15 is 0 Å². The summed E-state index contributed by atoms with van der Waals surface area (Å²) < 4.78 is 32.9. The second-order valence-electron chi connectivity index (χ2n) is 6.77. The van der Waals surface area contributed by atoms with Crippen LogP contribution in [0.15, 0.2) is 62.5 Å². The maximum absolute atomic E-state index is 13.1. The Kier molecular flexibility index (Phi) is 6.08. The van der Waals surface area contributed by atoms with E-state index in [1.807, 2.05) is 11.4 Å². The number of anilines is 1. The number of hydrazone groups is 1. The molecule has 1 saturated heterocycles. The first kappa shape index (κ1) is 19.8. The van der Waals surface area contributed by atoms with Gasteiger partial charge < -0.3 is 4.42 Å². The zero-order chi connectivity index (χ0) is 20.1. The van der Waals surface area contributed by atoms with Crippen LogP contribution in [0.2, 0.25) is 0 Å². The minimum Gasteiger partial charge on any atom is -0.463 e. The molecular formula is C20H22N4O3S2. The Bertz CT molecular complexity index is 1070. The van der Waals surface area contributed by atoms with Gasteiger partial charge in [0, 0.05) is 24.0 Å². The maximum atomic E-state index is 13.1. The highest BCUT2D eigenvalue weighted by molar-refractivity contribution is 7.89. The van der Waals surface area contributed by atoms with Crippen molar-refractivity contribution >= 4 is 32.7 Å². The fraction of sp³-hybridized carbons (Fsp3) is 0.300. The fourth-order valence-corrected chi connectivity index (χ4v) is 5.45. The molecule has 0 atom stereocenters. The molecule has 7 nitrogen and oxygen atoms in total. The summed E-state index contributed by atoms with van der Waals surface area (Å²) in [6.45, 7) is 1.18. The second kappa shape index (κ2) is 8.89. The average molecular weight is 431 g/mol. The predicted octanol–water partition coefficient (Wildman–Crippen LogP) is 4.41. The third kappa shape index (κ3) is 4.75. The number of nitrogens with zero attached hydrogens (tertiary/aromatic N) is 3. The molecule has 0 saturated carbocycles. The van der Waals surface area contributed by atoms with Gasteiger partial charge in [0.2, 0.25) is 15.2 Å².